The van der Waals surface area contributed by atoms with Crippen LogP contribution in [0.5, 0.6) is 0 Å². The second kappa shape index (κ2) is 5.54. The maximum absolute atomic E-state index is 11.6. The fourth-order valence-electron chi connectivity index (χ4n) is 1.65. The van der Waals surface area contributed by atoms with E-state index in [0.29, 0.717) is 6.54 Å². The van der Waals surface area contributed by atoms with Gasteiger partial charge in [0.1, 0.15) is 0 Å². The van der Waals surface area contributed by atoms with Crippen molar-refractivity contribution in [1.82, 2.24) is 4.90 Å². The Bertz CT molecular complexity index is 302. The first kappa shape index (κ1) is 11.8. The summed E-state index contributed by atoms with van der Waals surface area (Å²) in [5, 5.41) is 0. The Morgan fingerprint density at radius 2 is 2.33 bits per heavy atom. The molecule has 15 heavy (non-hydrogen) atoms. The molecule has 1 aliphatic heterocycles. The van der Waals surface area contributed by atoms with Crippen molar-refractivity contribution >= 4 is 5.91 Å². The molecule has 0 radical (unpaired) electrons. The molecule has 1 atom stereocenters. The Balaban J connectivity index is 2.42. The third kappa shape index (κ3) is 3.39. The summed E-state index contributed by atoms with van der Waals surface area (Å²) in [6.07, 6.45) is 8.81. The first-order chi connectivity index (χ1) is 7.15. The molecule has 0 spiro atoms. The molecule has 1 saturated heterocycles. The number of hydrogen-bond donors (Lipinski definition) is 0. The zero-order chi connectivity index (χ0) is 11.3. The van der Waals surface area contributed by atoms with Gasteiger partial charge in [-0.2, -0.15) is 0 Å². The predicted octanol–water partition coefficient (Wildman–Crippen LogP) is 2.54. The SMILES string of the molecule is C=C(/C=C\C=C/C)CN1CCC(C)C1=O. The van der Waals surface area contributed by atoms with E-state index in [4.69, 9.17) is 0 Å². The first-order valence-corrected chi connectivity index (χ1v) is 5.41. The van der Waals surface area contributed by atoms with E-state index < -0.39 is 0 Å². The lowest BCUT2D eigenvalue weighted by Gasteiger charge is -2.15. The second-order valence-corrected chi connectivity index (χ2v) is 3.99. The number of hydrogen-bond acceptors (Lipinski definition) is 1. The molecule has 1 heterocycles. The van der Waals surface area contributed by atoms with Gasteiger partial charge in [0.05, 0.1) is 0 Å². The van der Waals surface area contributed by atoms with Crippen molar-refractivity contribution in [2.24, 2.45) is 5.92 Å². The minimum atomic E-state index is 0.192. The van der Waals surface area contributed by atoms with Crippen LogP contribution >= 0.6 is 0 Å². The maximum atomic E-state index is 11.6. The zero-order valence-electron chi connectivity index (χ0n) is 9.57. The number of carbonyl (C=O) groups excluding carboxylic acids is 1. The topological polar surface area (TPSA) is 20.3 Å². The predicted molar refractivity (Wildman–Crippen MR) is 63.5 cm³/mol. The van der Waals surface area contributed by atoms with Gasteiger partial charge in [0.15, 0.2) is 0 Å². The summed E-state index contributed by atoms with van der Waals surface area (Å²) in [7, 11) is 0. The largest absolute Gasteiger partial charge is 0.338 e. The van der Waals surface area contributed by atoms with Crippen LogP contribution < -0.4 is 0 Å². The molecule has 1 rings (SSSR count). The summed E-state index contributed by atoms with van der Waals surface area (Å²) in [6.45, 7) is 9.43. The normalized spacial score (nSPS) is 22.1. The van der Waals surface area contributed by atoms with Gasteiger partial charge < -0.3 is 4.90 Å². The molecule has 0 N–H and O–H groups in total. The van der Waals surface area contributed by atoms with Crippen LogP contribution in [-0.2, 0) is 4.79 Å². The van der Waals surface area contributed by atoms with Crippen LogP contribution in [0.3, 0.4) is 0 Å². The summed E-state index contributed by atoms with van der Waals surface area (Å²) < 4.78 is 0. The molecule has 0 bridgehead atoms. The van der Waals surface area contributed by atoms with Gasteiger partial charge in [-0.25, -0.2) is 0 Å². The van der Waals surface area contributed by atoms with Crippen molar-refractivity contribution in [1.29, 1.82) is 0 Å². The quantitative estimate of drug-likeness (QED) is 0.646. The van der Waals surface area contributed by atoms with E-state index in [1.807, 2.05) is 43.1 Å². The minimum absolute atomic E-state index is 0.192. The Morgan fingerprint density at radius 3 is 2.87 bits per heavy atom. The van der Waals surface area contributed by atoms with Gasteiger partial charge in [-0.05, 0) is 18.9 Å². The molecule has 0 aromatic carbocycles. The molecule has 82 valence electrons. The van der Waals surface area contributed by atoms with Gasteiger partial charge in [-0.3, -0.25) is 4.79 Å². The van der Waals surface area contributed by atoms with Crippen LogP contribution in [0.1, 0.15) is 20.3 Å². The zero-order valence-corrected chi connectivity index (χ0v) is 9.57. The summed E-state index contributed by atoms with van der Waals surface area (Å²) in [6, 6.07) is 0. The number of likely N-dealkylation sites (tertiary alicyclic amines) is 1. The number of allylic oxidation sites excluding steroid dienone is 3. The average molecular weight is 205 g/mol. The van der Waals surface area contributed by atoms with Crippen LogP contribution in [0.4, 0.5) is 0 Å². The smallest absolute Gasteiger partial charge is 0.225 e. The lowest BCUT2D eigenvalue weighted by molar-refractivity contribution is -0.130. The van der Waals surface area contributed by atoms with Crippen molar-refractivity contribution in [3.63, 3.8) is 0 Å². The van der Waals surface area contributed by atoms with Crippen LogP contribution in [0.2, 0.25) is 0 Å². The van der Waals surface area contributed by atoms with Gasteiger partial charge >= 0.3 is 0 Å². The number of carbonyl (C=O) groups is 1. The number of rotatable bonds is 4. The maximum Gasteiger partial charge on any atom is 0.225 e. The highest BCUT2D eigenvalue weighted by molar-refractivity contribution is 5.80. The van der Waals surface area contributed by atoms with Crippen LogP contribution in [0.25, 0.3) is 0 Å². The molecule has 2 heteroatoms. The molecular weight excluding hydrogens is 186 g/mol. The molecule has 0 aromatic heterocycles. The van der Waals surface area contributed by atoms with E-state index >= 15 is 0 Å². The summed E-state index contributed by atoms with van der Waals surface area (Å²) in [5.74, 6) is 0.452. The van der Waals surface area contributed by atoms with E-state index in [9.17, 15) is 4.79 Å². The highest BCUT2D eigenvalue weighted by Gasteiger charge is 2.27. The lowest BCUT2D eigenvalue weighted by Crippen LogP contribution is -2.28. The van der Waals surface area contributed by atoms with E-state index in [-0.39, 0.29) is 11.8 Å². The lowest BCUT2D eigenvalue weighted by atomic mass is 10.1. The number of amides is 1. The van der Waals surface area contributed by atoms with Crippen molar-refractivity contribution in [3.8, 4) is 0 Å². The van der Waals surface area contributed by atoms with Gasteiger partial charge in [0, 0.05) is 19.0 Å². The van der Waals surface area contributed by atoms with Crippen LogP contribution in [0.15, 0.2) is 36.5 Å². The molecule has 2 nitrogen and oxygen atoms in total. The molecule has 1 aliphatic rings. The molecule has 1 unspecified atom stereocenters. The molecule has 0 aromatic rings. The van der Waals surface area contributed by atoms with Gasteiger partial charge in [0.25, 0.3) is 0 Å². The van der Waals surface area contributed by atoms with Crippen molar-refractivity contribution in [2.75, 3.05) is 13.1 Å². The first-order valence-electron chi connectivity index (χ1n) is 5.41. The minimum Gasteiger partial charge on any atom is -0.338 e. The van der Waals surface area contributed by atoms with E-state index in [1.54, 1.807) is 0 Å². The molecule has 1 amide bonds. The Labute approximate surface area is 92.0 Å². The van der Waals surface area contributed by atoms with Crippen molar-refractivity contribution in [2.45, 2.75) is 20.3 Å². The second-order valence-electron chi connectivity index (χ2n) is 3.99. The highest BCUT2D eigenvalue weighted by Crippen LogP contribution is 2.17. The third-order valence-corrected chi connectivity index (χ3v) is 2.59. The molecule has 0 aliphatic carbocycles. The Kier molecular flexibility index (Phi) is 4.35. The summed E-state index contributed by atoms with van der Waals surface area (Å²) >= 11 is 0. The Morgan fingerprint density at radius 1 is 1.60 bits per heavy atom. The Hall–Kier alpha value is -1.31. The third-order valence-electron chi connectivity index (χ3n) is 2.59. The van der Waals surface area contributed by atoms with Gasteiger partial charge in [-0.1, -0.05) is 37.8 Å². The highest BCUT2D eigenvalue weighted by atomic mass is 16.2. The molecule has 0 saturated carbocycles. The molecular formula is C13H19NO. The molecule has 1 fully saturated rings. The monoisotopic (exact) mass is 205 g/mol. The fourth-order valence-corrected chi connectivity index (χ4v) is 1.65. The van der Waals surface area contributed by atoms with Crippen LogP contribution in [-0.4, -0.2) is 23.9 Å². The average Bonchev–Trinajstić information content (AvgIpc) is 2.50. The van der Waals surface area contributed by atoms with Gasteiger partial charge in [-0.15, -0.1) is 0 Å². The van der Waals surface area contributed by atoms with E-state index in [0.717, 1.165) is 18.5 Å². The van der Waals surface area contributed by atoms with Crippen molar-refractivity contribution in [3.05, 3.63) is 36.5 Å². The fraction of sp³-hybridized carbons (Fsp3) is 0.462. The standard InChI is InChI=1S/C13H19NO/c1-4-5-6-7-11(2)10-14-9-8-12(3)13(14)15/h4-7,12H,2,8-10H2,1,3H3/b5-4-,7-6-. The van der Waals surface area contributed by atoms with Crippen molar-refractivity contribution < 1.29 is 4.79 Å². The summed E-state index contributed by atoms with van der Waals surface area (Å²) in [4.78, 5) is 13.5. The van der Waals surface area contributed by atoms with Crippen LogP contribution in [0, 0.1) is 5.92 Å². The van der Waals surface area contributed by atoms with E-state index in [2.05, 4.69) is 6.58 Å². The van der Waals surface area contributed by atoms with E-state index in [1.165, 1.54) is 0 Å². The number of nitrogens with zero attached hydrogens (tertiary/aromatic N) is 1. The van der Waals surface area contributed by atoms with Gasteiger partial charge in [0.2, 0.25) is 5.91 Å². The summed E-state index contributed by atoms with van der Waals surface area (Å²) in [5.41, 5.74) is 0.982.